The number of aliphatic hydroxyl groups is 1. The van der Waals surface area contributed by atoms with E-state index in [1.54, 1.807) is 18.2 Å². The molecule has 0 fully saturated rings. The molecule has 1 rings (SSSR count). The zero-order valence-electron chi connectivity index (χ0n) is 11.0. The first-order valence-corrected chi connectivity index (χ1v) is 7.54. The van der Waals surface area contributed by atoms with Crippen molar-refractivity contribution in [3.8, 4) is 0 Å². The summed E-state index contributed by atoms with van der Waals surface area (Å²) in [6, 6.07) is 7.60. The van der Waals surface area contributed by atoms with Crippen LogP contribution in [0, 0.1) is 0 Å². The van der Waals surface area contributed by atoms with E-state index in [9.17, 15) is 18.0 Å². The molecule has 0 saturated heterocycles. The van der Waals surface area contributed by atoms with Crippen LogP contribution in [0.1, 0.15) is 6.42 Å². The monoisotopic (exact) mass is 313 g/mol. The summed E-state index contributed by atoms with van der Waals surface area (Å²) < 4.78 is 23.6. The van der Waals surface area contributed by atoms with Crippen LogP contribution >= 0.6 is 0 Å². The Labute approximate surface area is 121 Å². The van der Waals surface area contributed by atoms with E-state index in [2.05, 4.69) is 5.32 Å². The van der Waals surface area contributed by atoms with Crippen molar-refractivity contribution in [1.82, 2.24) is 5.32 Å². The van der Waals surface area contributed by atoms with Gasteiger partial charge in [-0.15, -0.1) is 0 Å². The zero-order valence-corrected chi connectivity index (χ0v) is 11.8. The molecule has 1 aromatic rings. The molecule has 0 aliphatic rings. The molecule has 0 aliphatic heterocycles. The minimum Gasteiger partial charge on any atom is -0.479 e. The fraction of sp³-hybridized carbons (Fsp3) is 0.231. The average molecular weight is 313 g/mol. The summed E-state index contributed by atoms with van der Waals surface area (Å²) in [5, 5.41) is 20.5. The molecule has 0 aliphatic carbocycles. The summed E-state index contributed by atoms with van der Waals surface area (Å²) in [4.78, 5) is 21.8. The second-order valence-corrected chi connectivity index (χ2v) is 5.93. The second kappa shape index (κ2) is 7.55. The van der Waals surface area contributed by atoms with Crippen molar-refractivity contribution in [1.29, 1.82) is 0 Å². The third kappa shape index (κ3) is 5.76. The van der Waals surface area contributed by atoms with Crippen LogP contribution in [0.4, 0.5) is 0 Å². The van der Waals surface area contributed by atoms with E-state index in [4.69, 9.17) is 10.2 Å². The molecule has 1 amide bonds. The van der Waals surface area contributed by atoms with Crippen molar-refractivity contribution in [2.24, 2.45) is 0 Å². The summed E-state index contributed by atoms with van der Waals surface area (Å²) in [7, 11) is -3.70. The Bertz CT molecular complexity index is 623. The Balaban J connectivity index is 2.53. The number of carboxylic acids is 1. The molecular weight excluding hydrogens is 298 g/mol. The third-order valence-electron chi connectivity index (χ3n) is 2.47. The number of amides is 1. The molecule has 0 unspecified atom stereocenters. The normalized spacial score (nSPS) is 13.0. The molecule has 0 saturated carbocycles. The van der Waals surface area contributed by atoms with Crippen molar-refractivity contribution >= 4 is 21.7 Å². The number of nitrogens with one attached hydrogen (secondary N) is 1. The Morgan fingerprint density at radius 1 is 1.24 bits per heavy atom. The highest BCUT2D eigenvalue weighted by Gasteiger charge is 2.13. The van der Waals surface area contributed by atoms with Gasteiger partial charge in [-0.25, -0.2) is 13.2 Å². The Hall–Kier alpha value is -2.19. The van der Waals surface area contributed by atoms with Crippen LogP contribution in [0.2, 0.25) is 0 Å². The van der Waals surface area contributed by atoms with E-state index in [0.29, 0.717) is 0 Å². The topological polar surface area (TPSA) is 121 Å². The molecule has 0 heterocycles. The highest BCUT2D eigenvalue weighted by molar-refractivity contribution is 7.94. The molecular formula is C13H15NO6S. The van der Waals surface area contributed by atoms with Gasteiger partial charge in [0, 0.05) is 24.4 Å². The molecule has 21 heavy (non-hydrogen) atoms. The number of carboxylic acid groups (broad SMARTS) is 1. The Morgan fingerprint density at radius 3 is 2.43 bits per heavy atom. The van der Waals surface area contributed by atoms with Crippen molar-refractivity contribution in [3.63, 3.8) is 0 Å². The number of hydrogen-bond donors (Lipinski definition) is 3. The number of rotatable bonds is 7. The maximum absolute atomic E-state index is 11.8. The molecule has 114 valence electrons. The number of sulfone groups is 1. The van der Waals surface area contributed by atoms with Gasteiger partial charge in [0.1, 0.15) is 0 Å². The van der Waals surface area contributed by atoms with Gasteiger partial charge < -0.3 is 15.5 Å². The van der Waals surface area contributed by atoms with Gasteiger partial charge in [-0.2, -0.15) is 0 Å². The van der Waals surface area contributed by atoms with Gasteiger partial charge in [0.05, 0.1) is 4.90 Å². The fourth-order valence-corrected chi connectivity index (χ4v) is 2.35. The second-order valence-electron chi connectivity index (χ2n) is 4.09. The maximum Gasteiger partial charge on any atom is 0.332 e. The van der Waals surface area contributed by atoms with Crippen molar-refractivity contribution in [3.05, 3.63) is 41.8 Å². The van der Waals surface area contributed by atoms with E-state index in [1.807, 2.05) is 0 Å². The van der Waals surface area contributed by atoms with Gasteiger partial charge in [-0.1, -0.05) is 18.2 Å². The molecule has 0 radical (unpaired) electrons. The largest absolute Gasteiger partial charge is 0.479 e. The van der Waals surface area contributed by atoms with Gasteiger partial charge in [-0.05, 0) is 12.1 Å². The quantitative estimate of drug-likeness (QED) is 0.606. The first kappa shape index (κ1) is 16.9. The van der Waals surface area contributed by atoms with Crippen LogP contribution in [-0.2, 0) is 19.4 Å². The van der Waals surface area contributed by atoms with Gasteiger partial charge in [0.15, 0.2) is 15.9 Å². The maximum atomic E-state index is 11.8. The Morgan fingerprint density at radius 2 is 1.86 bits per heavy atom. The third-order valence-corrected chi connectivity index (χ3v) is 3.90. The van der Waals surface area contributed by atoms with E-state index in [-0.39, 0.29) is 17.9 Å². The highest BCUT2D eigenvalue weighted by atomic mass is 32.2. The summed E-state index contributed by atoms with van der Waals surface area (Å²) in [5.41, 5.74) is 0. The number of aliphatic hydroxyl groups excluding tert-OH is 1. The van der Waals surface area contributed by atoms with E-state index in [1.165, 1.54) is 12.1 Å². The summed E-state index contributed by atoms with van der Waals surface area (Å²) >= 11 is 0. The average Bonchev–Trinajstić information content (AvgIpc) is 2.46. The summed E-state index contributed by atoms with van der Waals surface area (Å²) in [6.07, 6.45) is -0.891. The molecule has 3 N–H and O–H groups in total. The number of hydrogen-bond acceptors (Lipinski definition) is 5. The first-order chi connectivity index (χ1) is 9.83. The summed E-state index contributed by atoms with van der Waals surface area (Å²) in [5.74, 6) is -2.07. The highest BCUT2D eigenvalue weighted by Crippen LogP contribution is 2.10. The minimum absolute atomic E-state index is 0.0651. The lowest BCUT2D eigenvalue weighted by Crippen LogP contribution is -2.29. The predicted molar refractivity (Wildman–Crippen MR) is 74.0 cm³/mol. The van der Waals surface area contributed by atoms with Gasteiger partial charge in [0.25, 0.3) is 0 Å². The van der Waals surface area contributed by atoms with Gasteiger partial charge in [-0.3, -0.25) is 4.79 Å². The molecule has 0 spiro atoms. The van der Waals surface area contributed by atoms with Crippen LogP contribution in [-0.4, -0.2) is 43.2 Å². The molecule has 1 aromatic carbocycles. The zero-order chi connectivity index (χ0) is 15.9. The number of aliphatic carboxylic acids is 1. The smallest absolute Gasteiger partial charge is 0.332 e. The SMILES string of the molecule is O=C(/C=C/S(=O)(=O)c1ccccc1)NCC[C@H](O)C(=O)O. The van der Waals surface area contributed by atoms with Crippen molar-refractivity contribution in [2.45, 2.75) is 17.4 Å². The molecule has 0 aromatic heterocycles. The molecule has 7 nitrogen and oxygen atoms in total. The molecule has 8 heteroatoms. The van der Waals surface area contributed by atoms with Crippen LogP contribution in [0.15, 0.2) is 46.7 Å². The number of carbonyl (C=O) groups is 2. The van der Waals surface area contributed by atoms with Gasteiger partial charge in [0.2, 0.25) is 5.91 Å². The van der Waals surface area contributed by atoms with E-state index in [0.717, 1.165) is 11.5 Å². The van der Waals surface area contributed by atoms with Gasteiger partial charge >= 0.3 is 5.97 Å². The lowest BCUT2D eigenvalue weighted by Gasteiger charge is -2.05. The lowest BCUT2D eigenvalue weighted by atomic mass is 10.2. The molecule has 0 bridgehead atoms. The molecule has 1 atom stereocenters. The van der Waals surface area contributed by atoms with E-state index >= 15 is 0 Å². The Kier molecular flexibility index (Phi) is 6.07. The predicted octanol–water partition coefficient (Wildman–Crippen LogP) is -0.0742. The summed E-state index contributed by atoms with van der Waals surface area (Å²) in [6.45, 7) is -0.0813. The minimum atomic E-state index is -3.70. The van der Waals surface area contributed by atoms with Crippen molar-refractivity contribution < 1.29 is 28.2 Å². The van der Waals surface area contributed by atoms with Crippen LogP contribution < -0.4 is 5.32 Å². The van der Waals surface area contributed by atoms with Crippen LogP contribution in [0.5, 0.6) is 0 Å². The standard InChI is InChI=1S/C13H15NO6S/c15-11(13(17)18)6-8-14-12(16)7-9-21(19,20)10-4-2-1-3-5-10/h1-5,7,9,11,15H,6,8H2,(H,14,16)(H,17,18)/b9-7+/t11-/m0/s1. The number of benzene rings is 1. The lowest BCUT2D eigenvalue weighted by molar-refractivity contribution is -0.147. The van der Waals surface area contributed by atoms with Crippen LogP contribution in [0.25, 0.3) is 0 Å². The number of carbonyl (C=O) groups excluding carboxylic acids is 1. The van der Waals surface area contributed by atoms with Crippen LogP contribution in [0.3, 0.4) is 0 Å². The fourth-order valence-electron chi connectivity index (χ4n) is 1.35. The first-order valence-electron chi connectivity index (χ1n) is 6.00. The van der Waals surface area contributed by atoms with Crippen molar-refractivity contribution in [2.75, 3.05) is 6.54 Å². The van der Waals surface area contributed by atoms with E-state index < -0.39 is 27.8 Å².